The van der Waals surface area contributed by atoms with Crippen LogP contribution >= 0.6 is 0 Å². The summed E-state index contributed by atoms with van der Waals surface area (Å²) in [5.41, 5.74) is 1.06. The largest absolute Gasteiger partial charge is 0.378 e. The molecule has 1 saturated carbocycles. The predicted molar refractivity (Wildman–Crippen MR) is 138 cm³/mol. The highest BCUT2D eigenvalue weighted by Gasteiger charge is 2.35. The third-order valence-electron chi connectivity index (χ3n) is 7.41. The summed E-state index contributed by atoms with van der Waals surface area (Å²) in [7, 11) is -1.96. The smallest absolute Gasteiger partial charge is 0.279 e. The lowest BCUT2D eigenvalue weighted by Crippen LogP contribution is -2.55. The number of anilines is 1. The Morgan fingerprint density at radius 2 is 1.97 bits per heavy atom. The topological polar surface area (TPSA) is 87.7 Å². The van der Waals surface area contributed by atoms with Crippen molar-refractivity contribution in [2.75, 3.05) is 38.2 Å². The third-order valence-corrected chi connectivity index (χ3v) is 9.01. The van der Waals surface area contributed by atoms with Gasteiger partial charge in [0.2, 0.25) is 0 Å². The molecule has 10 heteroatoms. The highest BCUT2D eigenvalue weighted by Crippen LogP contribution is 2.35. The Hall–Kier alpha value is -2.14. The van der Waals surface area contributed by atoms with E-state index in [0.717, 1.165) is 43.5 Å². The van der Waals surface area contributed by atoms with E-state index < -0.39 is 10.2 Å². The van der Waals surface area contributed by atoms with Gasteiger partial charge in [-0.15, -0.1) is 5.10 Å². The van der Waals surface area contributed by atoms with Crippen LogP contribution in [0.2, 0.25) is 0 Å². The number of hydrogen-bond acceptors (Lipinski definition) is 6. The normalized spacial score (nSPS) is 25.3. The van der Waals surface area contributed by atoms with Gasteiger partial charge in [-0.3, -0.25) is 0 Å². The maximum absolute atomic E-state index is 13.6. The van der Waals surface area contributed by atoms with Crippen LogP contribution in [0.25, 0.3) is 0 Å². The molecule has 8 nitrogen and oxygen atoms in total. The summed E-state index contributed by atoms with van der Waals surface area (Å²) in [6, 6.07) is 10.5. The molecule has 0 spiro atoms. The Kier molecular flexibility index (Phi) is 9.27. The van der Waals surface area contributed by atoms with Crippen molar-refractivity contribution in [3.05, 3.63) is 54.0 Å². The van der Waals surface area contributed by atoms with Gasteiger partial charge < -0.3 is 9.64 Å². The van der Waals surface area contributed by atoms with Gasteiger partial charge in [0.1, 0.15) is 5.82 Å². The maximum Gasteiger partial charge on any atom is 0.279 e. The molecule has 2 aromatic rings. The first kappa shape index (κ1) is 26.9. The molecular formula is C26H38FN5O3S. The molecule has 1 aliphatic carbocycles. The van der Waals surface area contributed by atoms with E-state index >= 15 is 0 Å². The van der Waals surface area contributed by atoms with Crippen LogP contribution in [0.5, 0.6) is 0 Å². The number of rotatable bonds is 10. The Morgan fingerprint density at radius 3 is 2.67 bits per heavy atom. The predicted octanol–water partition coefficient (Wildman–Crippen LogP) is 3.73. The van der Waals surface area contributed by atoms with Crippen molar-refractivity contribution in [1.82, 2.24) is 19.2 Å². The van der Waals surface area contributed by atoms with Crippen molar-refractivity contribution < 1.29 is 17.5 Å². The number of hydrogen-bond donors (Lipinski definition) is 1. The summed E-state index contributed by atoms with van der Waals surface area (Å²) in [4.78, 5) is 2.16. The summed E-state index contributed by atoms with van der Waals surface area (Å²) in [6.07, 6.45) is 6.94. The van der Waals surface area contributed by atoms with Crippen molar-refractivity contribution in [2.45, 2.75) is 63.5 Å². The van der Waals surface area contributed by atoms with Crippen LogP contribution in [0.1, 0.15) is 56.9 Å². The summed E-state index contributed by atoms with van der Waals surface area (Å²) >= 11 is 0. The Morgan fingerprint density at radius 1 is 1.17 bits per heavy atom. The fourth-order valence-corrected chi connectivity index (χ4v) is 6.62. The van der Waals surface area contributed by atoms with Gasteiger partial charge >= 0.3 is 0 Å². The van der Waals surface area contributed by atoms with E-state index in [-0.39, 0.29) is 23.9 Å². The Bertz CT molecular complexity index is 1070. The van der Waals surface area contributed by atoms with Crippen LogP contribution < -0.4 is 9.62 Å². The fraction of sp³-hybridized carbons (Fsp3) is 0.615. The van der Waals surface area contributed by atoms with Gasteiger partial charge in [-0.05, 0) is 74.3 Å². The zero-order valence-electron chi connectivity index (χ0n) is 21.2. The van der Waals surface area contributed by atoms with Gasteiger partial charge in [0.15, 0.2) is 5.82 Å². The molecule has 1 N–H and O–H groups in total. The first-order valence-electron chi connectivity index (χ1n) is 13.0. The molecule has 0 bridgehead atoms. The number of nitrogens with one attached hydrogen (secondary N) is 1. The SMILES string of the molecule is CCCN(C)S(=O)(=O)N[C@H]1CCN(c2cccnn2)C[C@H]1COC1CCC(c2cccc(F)c2)CC1. The lowest BCUT2D eigenvalue weighted by Gasteiger charge is -2.40. The Labute approximate surface area is 214 Å². The van der Waals surface area contributed by atoms with Gasteiger partial charge in [0.05, 0.1) is 12.7 Å². The van der Waals surface area contributed by atoms with E-state index in [9.17, 15) is 12.8 Å². The Balaban J connectivity index is 1.38. The minimum atomic E-state index is -3.57. The molecule has 1 aliphatic heterocycles. The summed E-state index contributed by atoms with van der Waals surface area (Å²) in [5, 5.41) is 8.24. The second kappa shape index (κ2) is 12.4. The van der Waals surface area contributed by atoms with Crippen molar-refractivity contribution >= 4 is 16.0 Å². The second-order valence-corrected chi connectivity index (χ2v) is 11.8. The molecule has 0 amide bonds. The highest BCUT2D eigenvalue weighted by atomic mass is 32.2. The molecule has 0 unspecified atom stereocenters. The highest BCUT2D eigenvalue weighted by molar-refractivity contribution is 7.87. The van der Waals surface area contributed by atoms with Crippen LogP contribution in [0, 0.1) is 11.7 Å². The van der Waals surface area contributed by atoms with Gasteiger partial charge in [-0.1, -0.05) is 19.1 Å². The lowest BCUT2D eigenvalue weighted by atomic mass is 9.82. The first-order chi connectivity index (χ1) is 17.4. The number of ether oxygens (including phenoxy) is 1. The van der Waals surface area contributed by atoms with Crippen molar-refractivity contribution in [3.63, 3.8) is 0 Å². The zero-order chi connectivity index (χ0) is 25.5. The quantitative estimate of drug-likeness (QED) is 0.515. The summed E-state index contributed by atoms with van der Waals surface area (Å²) in [6.45, 7) is 4.24. The number of piperidine rings is 1. The lowest BCUT2D eigenvalue weighted by molar-refractivity contribution is -0.00225. The molecule has 2 heterocycles. The minimum Gasteiger partial charge on any atom is -0.378 e. The summed E-state index contributed by atoms with van der Waals surface area (Å²) in [5.74, 6) is 0.943. The second-order valence-electron chi connectivity index (χ2n) is 9.99. The van der Waals surface area contributed by atoms with E-state index in [1.165, 1.54) is 10.4 Å². The van der Waals surface area contributed by atoms with E-state index in [4.69, 9.17) is 4.74 Å². The average molecular weight is 520 g/mol. The number of aromatic nitrogens is 2. The van der Waals surface area contributed by atoms with Crippen molar-refractivity contribution in [2.24, 2.45) is 5.92 Å². The summed E-state index contributed by atoms with van der Waals surface area (Å²) < 4.78 is 50.1. The van der Waals surface area contributed by atoms with Gasteiger partial charge in [0.25, 0.3) is 10.2 Å². The molecule has 198 valence electrons. The molecule has 2 atom stereocenters. The molecule has 0 radical (unpaired) electrons. The van der Waals surface area contributed by atoms with Crippen molar-refractivity contribution in [1.29, 1.82) is 0 Å². The fourth-order valence-electron chi connectivity index (χ4n) is 5.33. The number of benzene rings is 1. The standard InChI is InChI=1S/C26H38FN5O3S/c1-3-15-31(2)36(33,34)30-25-13-16-32(26-8-5-14-28-29-26)18-22(25)19-35-24-11-9-20(10-12-24)21-6-4-7-23(27)17-21/h4-8,14,17,20,22,24-25,30H,3,9-13,15-16,18-19H2,1-2H3/t20?,22-,24?,25-/m0/s1. The van der Waals surface area contributed by atoms with Crippen molar-refractivity contribution in [3.8, 4) is 0 Å². The van der Waals surface area contributed by atoms with Crippen LogP contribution in [0.15, 0.2) is 42.6 Å². The van der Waals surface area contributed by atoms with Gasteiger partial charge in [0, 0.05) is 44.8 Å². The first-order valence-corrected chi connectivity index (χ1v) is 14.4. The van der Waals surface area contributed by atoms with Crippen LogP contribution in [0.4, 0.5) is 10.2 Å². The number of halogens is 1. The zero-order valence-corrected chi connectivity index (χ0v) is 22.0. The van der Waals surface area contributed by atoms with Crippen LogP contribution in [0.3, 0.4) is 0 Å². The van der Waals surface area contributed by atoms with Crippen LogP contribution in [-0.2, 0) is 14.9 Å². The average Bonchev–Trinajstić information content (AvgIpc) is 2.89. The molecule has 2 fully saturated rings. The van der Waals surface area contributed by atoms with E-state index in [0.29, 0.717) is 38.6 Å². The molecule has 4 rings (SSSR count). The molecule has 2 aliphatic rings. The van der Waals surface area contributed by atoms with Gasteiger partial charge in [-0.25, -0.2) is 4.39 Å². The van der Waals surface area contributed by atoms with E-state index in [2.05, 4.69) is 19.8 Å². The molecular weight excluding hydrogens is 481 g/mol. The third kappa shape index (κ3) is 7.00. The molecule has 1 aromatic heterocycles. The maximum atomic E-state index is 13.6. The van der Waals surface area contributed by atoms with Crippen LogP contribution in [-0.4, -0.2) is 68.4 Å². The van der Waals surface area contributed by atoms with Gasteiger partial charge in [-0.2, -0.15) is 22.5 Å². The monoisotopic (exact) mass is 519 g/mol. The number of nitrogens with zero attached hydrogens (tertiary/aromatic N) is 4. The molecule has 1 saturated heterocycles. The minimum absolute atomic E-state index is 0.0218. The van der Waals surface area contributed by atoms with E-state index in [1.54, 1.807) is 25.4 Å². The molecule has 1 aromatic carbocycles. The van der Waals surface area contributed by atoms with E-state index in [1.807, 2.05) is 25.1 Å². The molecule has 36 heavy (non-hydrogen) atoms.